The zero-order valence-electron chi connectivity index (χ0n) is 31.9. The van der Waals surface area contributed by atoms with Gasteiger partial charge in [0.1, 0.15) is 12.1 Å². The highest BCUT2D eigenvalue weighted by molar-refractivity contribution is 7.89. The van der Waals surface area contributed by atoms with Crippen molar-refractivity contribution >= 4 is 53.7 Å². The van der Waals surface area contributed by atoms with Gasteiger partial charge in [-0.25, -0.2) is 27.0 Å². The molecule has 0 saturated carbocycles. The van der Waals surface area contributed by atoms with Crippen LogP contribution < -0.4 is 9.44 Å². The first kappa shape index (κ1) is 41.8. The molecule has 6 aromatic rings. The number of nitrogens with one attached hydrogen (secondary N) is 4. The van der Waals surface area contributed by atoms with Gasteiger partial charge in [0.05, 0.1) is 24.0 Å². The second-order valence-corrected chi connectivity index (χ2v) is 16.6. The molecule has 4 N–H and O–H groups in total. The molecule has 296 valence electrons. The van der Waals surface area contributed by atoms with Crippen molar-refractivity contribution in [3.63, 3.8) is 0 Å². The van der Waals surface area contributed by atoms with Gasteiger partial charge in [-0.3, -0.25) is 19.3 Å². The average Bonchev–Trinajstić information content (AvgIpc) is 3.80. The lowest BCUT2D eigenvalue weighted by Crippen LogP contribution is -2.48. The third kappa shape index (κ3) is 10.1. The molecule has 2 heterocycles. The maximum absolute atomic E-state index is 12.8. The van der Waals surface area contributed by atoms with E-state index in [0.717, 1.165) is 54.2 Å². The van der Waals surface area contributed by atoms with Gasteiger partial charge in [0.15, 0.2) is 0 Å². The molecular formula is C40H46N6O8S2. The van der Waals surface area contributed by atoms with E-state index >= 15 is 0 Å². The average molecular weight is 803 g/mol. The van der Waals surface area contributed by atoms with Crippen molar-refractivity contribution in [3.8, 4) is 0 Å². The zero-order chi connectivity index (χ0) is 40.6. The summed E-state index contributed by atoms with van der Waals surface area (Å²) in [5.41, 5.74) is 5.42. The summed E-state index contributed by atoms with van der Waals surface area (Å²) in [5.74, 6) is -0.966. The normalized spacial score (nSPS) is 12.8. The monoisotopic (exact) mass is 802 g/mol. The number of carbonyl (C=O) groups is 2. The Labute approximate surface area is 326 Å². The van der Waals surface area contributed by atoms with Gasteiger partial charge >= 0.3 is 0 Å². The van der Waals surface area contributed by atoms with Crippen LogP contribution in [0.2, 0.25) is 0 Å². The number of aryl methyl sites for hydroxylation is 2. The smallest absolute Gasteiger partial charge is 0.264 e. The molecule has 0 unspecified atom stereocenters. The Morgan fingerprint density at radius 3 is 1.27 bits per heavy atom. The molecule has 4 aromatic carbocycles. The third-order valence-electron chi connectivity index (χ3n) is 9.22. The number of carbonyl (C=O) groups excluding carboxylic acids is 2. The molecule has 0 spiro atoms. The minimum Gasteiger partial charge on any atom is -0.361 e. The summed E-state index contributed by atoms with van der Waals surface area (Å²) >= 11 is 0. The summed E-state index contributed by atoms with van der Waals surface area (Å²) in [7, 11) is -2.15. The number of aromatic nitrogens is 2. The quantitative estimate of drug-likeness (QED) is 0.114. The molecule has 0 aliphatic heterocycles. The first-order valence-corrected chi connectivity index (χ1v) is 20.5. The Morgan fingerprint density at radius 1 is 0.589 bits per heavy atom. The Balaban J connectivity index is 0.000000214. The molecule has 0 aliphatic carbocycles. The van der Waals surface area contributed by atoms with Gasteiger partial charge in [0, 0.05) is 48.3 Å². The fourth-order valence-electron chi connectivity index (χ4n) is 5.96. The number of amides is 2. The van der Waals surface area contributed by atoms with Gasteiger partial charge < -0.3 is 9.97 Å². The van der Waals surface area contributed by atoms with Crippen molar-refractivity contribution in [1.29, 1.82) is 0 Å². The lowest BCUT2D eigenvalue weighted by Gasteiger charge is -2.22. The van der Waals surface area contributed by atoms with Crippen molar-refractivity contribution in [2.45, 2.75) is 48.6 Å². The predicted molar refractivity (Wildman–Crippen MR) is 214 cm³/mol. The van der Waals surface area contributed by atoms with Crippen molar-refractivity contribution in [1.82, 2.24) is 29.5 Å². The number of likely N-dealkylation sites (N-methyl/N-ethyl adjacent to an activating group) is 2. The Kier molecular flexibility index (Phi) is 13.5. The second-order valence-electron chi connectivity index (χ2n) is 13.1. The number of aromatic amines is 2. The van der Waals surface area contributed by atoms with E-state index in [1.807, 2.05) is 62.4 Å². The number of hydroxylamine groups is 4. The first-order chi connectivity index (χ1) is 26.6. The SMILES string of the molecule is CON(C)C(=O)[C@H](Cc1c[nH]c2ccccc12)NS(=O)(=O)c1ccc(C)cc1.CON(C)C(=O)[C@H](Cc1c[nH]c2ccccc12)NS(=O)(=O)c1ccc(C)cc1. The van der Waals surface area contributed by atoms with E-state index in [-0.39, 0.29) is 22.6 Å². The Bertz CT molecular complexity index is 2320. The fourth-order valence-corrected chi connectivity index (χ4v) is 8.34. The van der Waals surface area contributed by atoms with Crippen LogP contribution in [0.25, 0.3) is 21.8 Å². The predicted octanol–water partition coefficient (Wildman–Crippen LogP) is 4.77. The van der Waals surface area contributed by atoms with Crippen molar-refractivity contribution in [3.05, 3.63) is 132 Å². The number of hydrogen-bond acceptors (Lipinski definition) is 8. The lowest BCUT2D eigenvalue weighted by atomic mass is 10.1. The van der Waals surface area contributed by atoms with E-state index in [9.17, 15) is 26.4 Å². The van der Waals surface area contributed by atoms with Crippen molar-refractivity contribution in [2.24, 2.45) is 0 Å². The van der Waals surface area contributed by atoms with Crippen LogP contribution in [0.1, 0.15) is 22.3 Å². The summed E-state index contributed by atoms with van der Waals surface area (Å²) < 4.78 is 56.4. The highest BCUT2D eigenvalue weighted by Crippen LogP contribution is 2.22. The molecule has 16 heteroatoms. The first-order valence-electron chi connectivity index (χ1n) is 17.5. The number of para-hydroxylation sites is 2. The van der Waals surface area contributed by atoms with Gasteiger partial charge in [-0.05, 0) is 74.2 Å². The maximum atomic E-state index is 12.8. The van der Waals surface area contributed by atoms with Crippen LogP contribution in [-0.4, -0.2) is 89.1 Å². The van der Waals surface area contributed by atoms with Gasteiger partial charge in [0.25, 0.3) is 11.8 Å². The van der Waals surface area contributed by atoms with Crippen LogP contribution in [0.5, 0.6) is 0 Å². The molecule has 2 atom stereocenters. The molecule has 0 bridgehead atoms. The summed E-state index contributed by atoms with van der Waals surface area (Å²) in [5, 5.41) is 3.93. The van der Waals surface area contributed by atoms with Crippen molar-refractivity contribution < 1.29 is 36.1 Å². The summed E-state index contributed by atoms with van der Waals surface area (Å²) in [6.07, 6.45) is 3.94. The number of H-pyrrole nitrogens is 2. The Hall–Kier alpha value is -5.36. The van der Waals surface area contributed by atoms with Crippen LogP contribution in [0, 0.1) is 13.8 Å². The third-order valence-corrected chi connectivity index (χ3v) is 12.2. The molecule has 56 heavy (non-hydrogen) atoms. The standard InChI is InChI=1S/2C20H23N3O4S/c2*1-14-8-10-16(11-9-14)28(25,26)22-19(20(24)23(2)27-3)12-15-13-21-18-7-5-4-6-17(15)18/h2*4-11,13,19,21-22H,12H2,1-3H3/t2*19-/m00/s1. The number of benzene rings is 4. The molecule has 2 amide bonds. The van der Waals surface area contributed by atoms with E-state index in [1.54, 1.807) is 36.7 Å². The highest BCUT2D eigenvalue weighted by Gasteiger charge is 2.31. The molecule has 0 saturated heterocycles. The minimum absolute atomic E-state index is 0.106. The molecule has 6 rings (SSSR count). The zero-order valence-corrected chi connectivity index (χ0v) is 33.6. The van der Waals surface area contributed by atoms with Crippen LogP contribution in [0.15, 0.2) is 119 Å². The number of sulfonamides is 2. The van der Waals surface area contributed by atoms with Crippen LogP contribution in [-0.2, 0) is 52.2 Å². The van der Waals surface area contributed by atoms with Crippen LogP contribution in [0.3, 0.4) is 0 Å². The Morgan fingerprint density at radius 2 is 0.929 bits per heavy atom. The van der Waals surface area contributed by atoms with E-state index in [0.29, 0.717) is 0 Å². The van der Waals surface area contributed by atoms with Crippen LogP contribution >= 0.6 is 0 Å². The van der Waals surface area contributed by atoms with E-state index in [1.165, 1.54) is 52.6 Å². The van der Waals surface area contributed by atoms with Gasteiger partial charge in [-0.1, -0.05) is 71.8 Å². The maximum Gasteiger partial charge on any atom is 0.264 e. The molecule has 0 radical (unpaired) electrons. The summed E-state index contributed by atoms with van der Waals surface area (Å²) in [6.45, 7) is 3.75. The molecular weight excluding hydrogens is 757 g/mol. The molecule has 2 aromatic heterocycles. The summed E-state index contributed by atoms with van der Waals surface area (Å²) in [4.78, 5) is 42.0. The van der Waals surface area contributed by atoms with Gasteiger partial charge in [-0.2, -0.15) is 9.44 Å². The topological polar surface area (TPSA) is 183 Å². The van der Waals surface area contributed by atoms with Gasteiger partial charge in [0.2, 0.25) is 20.0 Å². The fraction of sp³-hybridized carbons (Fsp3) is 0.250. The number of rotatable bonds is 14. The van der Waals surface area contributed by atoms with E-state index in [2.05, 4.69) is 19.4 Å². The number of nitrogens with zero attached hydrogens (tertiary/aromatic N) is 2. The largest absolute Gasteiger partial charge is 0.361 e. The van der Waals surface area contributed by atoms with Crippen molar-refractivity contribution in [2.75, 3.05) is 28.3 Å². The van der Waals surface area contributed by atoms with Crippen LogP contribution in [0.4, 0.5) is 0 Å². The molecule has 0 fully saturated rings. The van der Waals surface area contributed by atoms with E-state index < -0.39 is 43.9 Å². The minimum atomic E-state index is -3.88. The molecule has 0 aliphatic rings. The van der Waals surface area contributed by atoms with Gasteiger partial charge in [-0.15, -0.1) is 0 Å². The van der Waals surface area contributed by atoms with E-state index in [4.69, 9.17) is 9.68 Å². The molecule has 14 nitrogen and oxygen atoms in total. The number of fused-ring (bicyclic) bond motifs is 2. The summed E-state index contributed by atoms with van der Waals surface area (Å²) in [6, 6.07) is 26.2. The highest BCUT2D eigenvalue weighted by atomic mass is 32.2. The number of hydrogen-bond donors (Lipinski definition) is 4. The second kappa shape index (κ2) is 18.1. The lowest BCUT2D eigenvalue weighted by molar-refractivity contribution is -0.170.